The van der Waals surface area contributed by atoms with E-state index in [4.69, 9.17) is 21.1 Å². The molecule has 0 aliphatic carbocycles. The summed E-state index contributed by atoms with van der Waals surface area (Å²) in [7, 11) is 1.65. The lowest BCUT2D eigenvalue weighted by molar-refractivity contribution is -0.153. The van der Waals surface area contributed by atoms with Crippen LogP contribution in [0.25, 0.3) is 0 Å². The number of amides is 1. The molecule has 1 aromatic heterocycles. The highest BCUT2D eigenvalue weighted by molar-refractivity contribution is 7.16. The largest absolute Gasteiger partial charge is 0.482 e. The summed E-state index contributed by atoms with van der Waals surface area (Å²) in [6.45, 7) is 4.08. The van der Waals surface area contributed by atoms with Crippen molar-refractivity contribution >= 4 is 34.8 Å². The zero-order valence-corrected chi connectivity index (χ0v) is 16.6. The molecule has 2 rings (SSSR count). The van der Waals surface area contributed by atoms with Gasteiger partial charge in [0.1, 0.15) is 5.75 Å². The molecule has 5 nitrogen and oxygen atoms in total. The number of esters is 1. The zero-order chi connectivity index (χ0) is 19.1. The minimum Gasteiger partial charge on any atom is -0.482 e. The second kappa shape index (κ2) is 9.59. The van der Waals surface area contributed by atoms with E-state index < -0.39 is 5.97 Å². The average Bonchev–Trinajstić information content (AvgIpc) is 3.02. The number of benzene rings is 1. The maximum absolute atomic E-state index is 12.0. The average molecular weight is 396 g/mol. The van der Waals surface area contributed by atoms with Crippen LogP contribution in [0.15, 0.2) is 36.4 Å². The van der Waals surface area contributed by atoms with E-state index in [0.29, 0.717) is 22.5 Å². The summed E-state index contributed by atoms with van der Waals surface area (Å²) < 4.78 is 11.0. The van der Waals surface area contributed by atoms with Gasteiger partial charge in [-0.15, -0.1) is 11.3 Å². The lowest BCUT2D eigenvalue weighted by Crippen LogP contribution is -2.31. The highest BCUT2D eigenvalue weighted by Crippen LogP contribution is 2.22. The Balaban J connectivity index is 1.71. The SMILES string of the molecule is CC(C)c1ccc(OCC(=O)OCC(=O)N(C)Cc2ccc(Cl)s2)cc1. The summed E-state index contributed by atoms with van der Waals surface area (Å²) in [5.41, 5.74) is 1.19. The van der Waals surface area contributed by atoms with Gasteiger partial charge < -0.3 is 14.4 Å². The fourth-order valence-electron chi connectivity index (χ4n) is 2.14. The third-order valence-corrected chi connectivity index (χ3v) is 4.92. The molecular formula is C19H22ClNO4S. The van der Waals surface area contributed by atoms with Crippen LogP contribution in [0.1, 0.15) is 30.2 Å². The summed E-state index contributed by atoms with van der Waals surface area (Å²) >= 11 is 7.28. The van der Waals surface area contributed by atoms with Gasteiger partial charge in [0.15, 0.2) is 13.2 Å². The van der Waals surface area contributed by atoms with Crippen molar-refractivity contribution in [3.05, 3.63) is 51.2 Å². The van der Waals surface area contributed by atoms with Crippen molar-refractivity contribution in [1.82, 2.24) is 4.90 Å². The number of nitrogens with zero attached hydrogens (tertiary/aromatic N) is 1. The molecule has 1 heterocycles. The predicted octanol–water partition coefficient (Wildman–Crippen LogP) is 4.11. The van der Waals surface area contributed by atoms with Crippen molar-refractivity contribution in [1.29, 1.82) is 0 Å². The Labute approximate surface area is 162 Å². The number of halogens is 1. The molecule has 7 heteroatoms. The topological polar surface area (TPSA) is 55.8 Å². The molecule has 0 bridgehead atoms. The van der Waals surface area contributed by atoms with Crippen LogP contribution in [-0.4, -0.2) is 37.0 Å². The summed E-state index contributed by atoms with van der Waals surface area (Å²) in [6, 6.07) is 11.2. The second-order valence-electron chi connectivity index (χ2n) is 6.13. The van der Waals surface area contributed by atoms with E-state index in [1.807, 2.05) is 30.3 Å². The number of ether oxygens (including phenoxy) is 2. The molecule has 0 unspecified atom stereocenters. The van der Waals surface area contributed by atoms with Crippen LogP contribution >= 0.6 is 22.9 Å². The maximum atomic E-state index is 12.0. The zero-order valence-electron chi connectivity index (χ0n) is 15.0. The van der Waals surface area contributed by atoms with E-state index in [1.54, 1.807) is 13.1 Å². The summed E-state index contributed by atoms with van der Waals surface area (Å²) in [5.74, 6) is 0.148. The molecule has 2 aromatic rings. The highest BCUT2D eigenvalue weighted by Gasteiger charge is 2.14. The van der Waals surface area contributed by atoms with Crippen molar-refractivity contribution in [2.24, 2.45) is 0 Å². The Kier molecular flexibility index (Phi) is 7.48. The minimum atomic E-state index is -0.584. The van der Waals surface area contributed by atoms with Gasteiger partial charge >= 0.3 is 5.97 Å². The molecule has 1 aromatic carbocycles. The first-order chi connectivity index (χ1) is 12.3. The summed E-state index contributed by atoms with van der Waals surface area (Å²) in [5, 5.41) is 0. The van der Waals surface area contributed by atoms with Crippen LogP contribution in [0.4, 0.5) is 0 Å². The third-order valence-electron chi connectivity index (χ3n) is 3.71. The molecule has 0 aliphatic rings. The van der Waals surface area contributed by atoms with Gasteiger partial charge in [0.2, 0.25) is 0 Å². The molecule has 140 valence electrons. The monoisotopic (exact) mass is 395 g/mol. The number of hydrogen-bond donors (Lipinski definition) is 0. The highest BCUT2D eigenvalue weighted by atomic mass is 35.5. The van der Waals surface area contributed by atoms with E-state index in [9.17, 15) is 9.59 Å². The normalized spacial score (nSPS) is 10.7. The molecule has 0 radical (unpaired) electrons. The van der Waals surface area contributed by atoms with Crippen molar-refractivity contribution in [3.63, 3.8) is 0 Å². The minimum absolute atomic E-state index is 0.238. The first-order valence-corrected chi connectivity index (χ1v) is 9.41. The molecule has 0 saturated carbocycles. The van der Waals surface area contributed by atoms with Crippen LogP contribution in [0.3, 0.4) is 0 Å². The van der Waals surface area contributed by atoms with Gasteiger partial charge in [0.05, 0.1) is 10.9 Å². The molecule has 0 N–H and O–H groups in total. The standard InChI is InChI=1S/C19H22ClNO4S/c1-13(2)14-4-6-15(7-5-14)24-12-19(23)25-11-18(22)21(3)10-16-8-9-17(20)26-16/h4-9,13H,10-12H2,1-3H3. The Hall–Kier alpha value is -2.05. The molecule has 0 aliphatic heterocycles. The maximum Gasteiger partial charge on any atom is 0.344 e. The van der Waals surface area contributed by atoms with Crippen molar-refractivity contribution < 1.29 is 19.1 Å². The summed E-state index contributed by atoms with van der Waals surface area (Å²) in [6.07, 6.45) is 0. The number of rotatable bonds is 8. The number of likely N-dealkylation sites (N-methyl/N-ethyl adjacent to an activating group) is 1. The number of carbonyl (C=O) groups is 2. The second-order valence-corrected chi connectivity index (χ2v) is 7.93. The van der Waals surface area contributed by atoms with Crippen molar-refractivity contribution in [3.8, 4) is 5.75 Å². The van der Waals surface area contributed by atoms with Gasteiger partial charge in [0.25, 0.3) is 5.91 Å². The number of carbonyl (C=O) groups excluding carboxylic acids is 2. The Morgan fingerprint density at radius 1 is 1.12 bits per heavy atom. The third kappa shape index (κ3) is 6.35. The fraction of sp³-hybridized carbons (Fsp3) is 0.368. The van der Waals surface area contributed by atoms with Crippen LogP contribution in [0.2, 0.25) is 4.34 Å². The molecular weight excluding hydrogens is 374 g/mol. The quantitative estimate of drug-likeness (QED) is 0.631. The van der Waals surface area contributed by atoms with Gasteiger partial charge in [-0.2, -0.15) is 0 Å². The Morgan fingerprint density at radius 3 is 2.38 bits per heavy atom. The van der Waals surface area contributed by atoms with Crippen LogP contribution in [0, 0.1) is 0 Å². The number of hydrogen-bond acceptors (Lipinski definition) is 5. The first kappa shape index (κ1) is 20.3. The van der Waals surface area contributed by atoms with E-state index in [1.165, 1.54) is 21.8 Å². The van der Waals surface area contributed by atoms with Crippen molar-refractivity contribution in [2.45, 2.75) is 26.3 Å². The summed E-state index contributed by atoms with van der Waals surface area (Å²) in [4.78, 5) is 26.2. The smallest absolute Gasteiger partial charge is 0.344 e. The van der Waals surface area contributed by atoms with Gasteiger partial charge in [-0.05, 0) is 35.7 Å². The van der Waals surface area contributed by atoms with E-state index in [0.717, 1.165) is 4.88 Å². The van der Waals surface area contributed by atoms with Gasteiger partial charge in [-0.3, -0.25) is 4.79 Å². The molecule has 0 atom stereocenters. The van der Waals surface area contributed by atoms with E-state index in [-0.39, 0.29) is 19.1 Å². The number of thiophene rings is 1. The predicted molar refractivity (Wildman–Crippen MR) is 103 cm³/mol. The Bertz CT molecular complexity index is 742. The van der Waals surface area contributed by atoms with E-state index >= 15 is 0 Å². The van der Waals surface area contributed by atoms with Crippen molar-refractivity contribution in [2.75, 3.05) is 20.3 Å². The van der Waals surface area contributed by atoms with Crippen LogP contribution in [0.5, 0.6) is 5.75 Å². The molecule has 0 saturated heterocycles. The van der Waals surface area contributed by atoms with Crippen LogP contribution in [-0.2, 0) is 20.9 Å². The van der Waals surface area contributed by atoms with Crippen LogP contribution < -0.4 is 4.74 Å². The van der Waals surface area contributed by atoms with E-state index in [2.05, 4.69) is 13.8 Å². The van der Waals surface area contributed by atoms with Gasteiger partial charge in [-0.1, -0.05) is 37.6 Å². The lowest BCUT2D eigenvalue weighted by atomic mass is 10.0. The van der Waals surface area contributed by atoms with Gasteiger partial charge in [0, 0.05) is 11.9 Å². The molecule has 26 heavy (non-hydrogen) atoms. The first-order valence-electron chi connectivity index (χ1n) is 8.21. The van der Waals surface area contributed by atoms with Gasteiger partial charge in [-0.25, -0.2) is 4.79 Å². The lowest BCUT2D eigenvalue weighted by Gasteiger charge is -2.16. The molecule has 0 fully saturated rings. The Morgan fingerprint density at radius 2 is 1.81 bits per heavy atom. The molecule has 0 spiro atoms. The fourth-order valence-corrected chi connectivity index (χ4v) is 3.29. The molecule has 1 amide bonds.